The molecule has 1 atom stereocenters. The lowest BCUT2D eigenvalue weighted by molar-refractivity contribution is 0.526. The minimum Gasteiger partial charge on any atom is -0.240 e. The van der Waals surface area contributed by atoms with Crippen LogP contribution in [-0.2, 0) is 5.41 Å². The molecule has 1 aliphatic heterocycles. The van der Waals surface area contributed by atoms with E-state index >= 15 is 0 Å². The second-order valence-corrected chi connectivity index (χ2v) is 6.11. The molecule has 0 radical (unpaired) electrons. The van der Waals surface area contributed by atoms with Crippen LogP contribution in [0.15, 0.2) is 35.3 Å². The number of hydrogen-bond acceptors (Lipinski definition) is 3. The molecule has 5 heteroatoms. The lowest BCUT2D eigenvalue weighted by Gasteiger charge is -2.28. The van der Waals surface area contributed by atoms with Crippen molar-refractivity contribution in [1.29, 1.82) is 5.26 Å². The highest BCUT2D eigenvalue weighted by Crippen LogP contribution is 2.42. The van der Waals surface area contributed by atoms with Gasteiger partial charge in [0.25, 0.3) is 0 Å². The summed E-state index contributed by atoms with van der Waals surface area (Å²) in [6.45, 7) is 4.15. The number of nitriles is 1. The first-order valence-corrected chi connectivity index (χ1v) is 7.97. The van der Waals surface area contributed by atoms with Gasteiger partial charge in [0, 0.05) is 29.3 Å². The maximum atomic E-state index is 9.70. The molecule has 1 aromatic heterocycles. The Labute approximate surface area is 140 Å². The van der Waals surface area contributed by atoms with Crippen molar-refractivity contribution < 1.29 is 0 Å². The molecule has 2 aromatic rings. The van der Waals surface area contributed by atoms with Gasteiger partial charge >= 0.3 is 0 Å². The normalized spacial score (nSPS) is 15.6. The van der Waals surface area contributed by atoms with Crippen LogP contribution in [-0.4, -0.2) is 16.0 Å². The van der Waals surface area contributed by atoms with Crippen LogP contribution in [0.1, 0.15) is 43.5 Å². The number of fused-ring (bicyclic) bond motifs is 1. The van der Waals surface area contributed by atoms with Crippen molar-refractivity contribution in [2.75, 3.05) is 0 Å². The van der Waals surface area contributed by atoms with E-state index in [2.05, 4.69) is 30.0 Å². The van der Waals surface area contributed by atoms with Gasteiger partial charge in [0.1, 0.15) is 11.6 Å². The van der Waals surface area contributed by atoms with E-state index in [0.29, 0.717) is 22.1 Å². The average molecular weight is 325 g/mol. The van der Waals surface area contributed by atoms with Gasteiger partial charge in [-0.05, 0) is 25.0 Å². The van der Waals surface area contributed by atoms with E-state index in [9.17, 15) is 5.26 Å². The van der Waals surface area contributed by atoms with Gasteiger partial charge in [0.2, 0.25) is 0 Å². The third-order valence-electron chi connectivity index (χ3n) is 4.40. The van der Waals surface area contributed by atoms with Gasteiger partial charge in [-0.1, -0.05) is 42.8 Å². The molecule has 0 fully saturated rings. The second-order valence-electron chi connectivity index (χ2n) is 5.70. The number of aliphatic imine (C=N–C) groups is 1. The van der Waals surface area contributed by atoms with Crippen LogP contribution in [0.4, 0.5) is 5.82 Å². The van der Waals surface area contributed by atoms with Crippen LogP contribution >= 0.6 is 11.6 Å². The van der Waals surface area contributed by atoms with E-state index in [0.717, 1.165) is 18.4 Å². The van der Waals surface area contributed by atoms with E-state index in [1.54, 1.807) is 10.9 Å². The third-order valence-corrected chi connectivity index (χ3v) is 4.73. The number of halogens is 1. The van der Waals surface area contributed by atoms with E-state index in [1.165, 1.54) is 0 Å². The van der Waals surface area contributed by atoms with E-state index in [-0.39, 0.29) is 0 Å². The number of hydrogen-bond donors (Lipinski definition) is 0. The van der Waals surface area contributed by atoms with Gasteiger partial charge in [-0.3, -0.25) is 0 Å². The van der Waals surface area contributed by atoms with Gasteiger partial charge in [-0.2, -0.15) is 10.4 Å². The number of allylic oxidation sites excluding steroid dienone is 1. The van der Waals surface area contributed by atoms with E-state index in [1.807, 2.05) is 36.5 Å². The van der Waals surface area contributed by atoms with Crippen LogP contribution in [0.2, 0.25) is 5.02 Å². The van der Waals surface area contributed by atoms with Crippen molar-refractivity contribution in [3.05, 3.63) is 52.2 Å². The quantitative estimate of drug-likeness (QED) is 0.821. The fourth-order valence-corrected chi connectivity index (χ4v) is 3.24. The van der Waals surface area contributed by atoms with Gasteiger partial charge < -0.3 is 0 Å². The molecule has 3 rings (SSSR count). The van der Waals surface area contributed by atoms with Crippen molar-refractivity contribution in [1.82, 2.24) is 9.78 Å². The first-order valence-electron chi connectivity index (χ1n) is 7.59. The Morgan fingerprint density at radius 3 is 2.87 bits per heavy atom. The fraction of sp³-hybridized carbons (Fsp3) is 0.278. The molecule has 1 aliphatic rings. The molecule has 0 saturated heterocycles. The van der Waals surface area contributed by atoms with Crippen LogP contribution in [0.25, 0.3) is 6.20 Å². The Kier molecular flexibility index (Phi) is 4.06. The maximum absolute atomic E-state index is 9.70. The molecule has 116 valence electrons. The first kappa shape index (κ1) is 15.5. The second kappa shape index (κ2) is 6.02. The SMILES string of the molecule is CCC(C)(c1ccccc1Cl)c1nn2c(c1C#N)N=CCC=C2. The number of nitrogens with zero attached hydrogens (tertiary/aromatic N) is 4. The summed E-state index contributed by atoms with van der Waals surface area (Å²) in [6, 6.07) is 10.0. The summed E-state index contributed by atoms with van der Waals surface area (Å²) in [4.78, 5) is 4.40. The topological polar surface area (TPSA) is 54.0 Å². The fourth-order valence-electron chi connectivity index (χ4n) is 2.90. The Bertz CT molecular complexity index is 841. The number of benzene rings is 1. The van der Waals surface area contributed by atoms with Gasteiger partial charge in [0.15, 0.2) is 5.82 Å². The third kappa shape index (κ3) is 2.47. The zero-order valence-corrected chi connectivity index (χ0v) is 13.9. The highest BCUT2D eigenvalue weighted by atomic mass is 35.5. The Morgan fingerprint density at radius 1 is 1.39 bits per heavy atom. The summed E-state index contributed by atoms with van der Waals surface area (Å²) in [5.41, 5.74) is 1.75. The number of aromatic nitrogens is 2. The molecule has 0 saturated carbocycles. The first-order chi connectivity index (χ1) is 11.1. The summed E-state index contributed by atoms with van der Waals surface area (Å²) in [5, 5.41) is 15.1. The minimum absolute atomic E-state index is 0.452. The predicted octanol–water partition coefficient (Wildman–Crippen LogP) is 4.70. The highest BCUT2D eigenvalue weighted by molar-refractivity contribution is 6.31. The van der Waals surface area contributed by atoms with Gasteiger partial charge in [0.05, 0.1) is 5.69 Å². The Hall–Kier alpha value is -2.38. The molecule has 0 amide bonds. The van der Waals surface area contributed by atoms with Crippen LogP contribution in [0.5, 0.6) is 0 Å². The summed E-state index contributed by atoms with van der Waals surface area (Å²) < 4.78 is 1.68. The maximum Gasteiger partial charge on any atom is 0.172 e. The van der Waals surface area contributed by atoms with Crippen molar-refractivity contribution >= 4 is 29.8 Å². The summed E-state index contributed by atoms with van der Waals surface area (Å²) in [6.07, 6.45) is 7.13. The van der Waals surface area contributed by atoms with Crippen molar-refractivity contribution in [2.45, 2.75) is 32.1 Å². The highest BCUT2D eigenvalue weighted by Gasteiger charge is 2.36. The van der Waals surface area contributed by atoms with Crippen molar-refractivity contribution in [3.8, 4) is 6.07 Å². The zero-order valence-electron chi connectivity index (χ0n) is 13.1. The predicted molar refractivity (Wildman–Crippen MR) is 93.2 cm³/mol. The molecule has 1 unspecified atom stereocenters. The van der Waals surface area contributed by atoms with Crippen LogP contribution in [0, 0.1) is 11.3 Å². The summed E-state index contributed by atoms with van der Waals surface area (Å²) >= 11 is 6.42. The summed E-state index contributed by atoms with van der Waals surface area (Å²) in [5.74, 6) is 0.586. The monoisotopic (exact) mass is 324 g/mol. The molecular weight excluding hydrogens is 308 g/mol. The Morgan fingerprint density at radius 2 is 2.17 bits per heavy atom. The van der Waals surface area contributed by atoms with E-state index in [4.69, 9.17) is 11.6 Å². The van der Waals surface area contributed by atoms with Crippen molar-refractivity contribution in [3.63, 3.8) is 0 Å². The minimum atomic E-state index is -0.452. The lowest BCUT2D eigenvalue weighted by Crippen LogP contribution is -2.25. The summed E-state index contributed by atoms with van der Waals surface area (Å²) in [7, 11) is 0. The van der Waals surface area contributed by atoms with Crippen LogP contribution in [0.3, 0.4) is 0 Å². The number of rotatable bonds is 3. The van der Waals surface area contributed by atoms with Crippen LogP contribution < -0.4 is 0 Å². The van der Waals surface area contributed by atoms with Gasteiger partial charge in [-0.25, -0.2) is 9.67 Å². The smallest absolute Gasteiger partial charge is 0.172 e. The molecule has 1 aromatic carbocycles. The standard InChI is InChI=1S/C18H17ClN4/c1-3-18(2,14-8-4-5-9-15(14)19)16-13(12-20)17-21-10-6-7-11-23(17)22-16/h4-5,7-11H,3,6H2,1-2H3. The molecule has 23 heavy (non-hydrogen) atoms. The Balaban J connectivity index is 2.27. The molecule has 0 bridgehead atoms. The largest absolute Gasteiger partial charge is 0.240 e. The zero-order chi connectivity index (χ0) is 16.4. The molecular formula is C18H17ClN4. The molecule has 0 aliphatic carbocycles. The molecule has 0 N–H and O–H groups in total. The molecule has 0 spiro atoms. The molecule has 4 nitrogen and oxygen atoms in total. The van der Waals surface area contributed by atoms with E-state index < -0.39 is 5.41 Å². The average Bonchev–Trinajstić information content (AvgIpc) is 2.76. The molecule has 2 heterocycles. The van der Waals surface area contributed by atoms with Crippen molar-refractivity contribution in [2.24, 2.45) is 4.99 Å². The van der Waals surface area contributed by atoms with Gasteiger partial charge in [-0.15, -0.1) is 0 Å². The lowest BCUT2D eigenvalue weighted by atomic mass is 9.76.